The molecule has 0 bridgehead atoms. The molecule has 3 rings (SSSR count). The van der Waals surface area contributed by atoms with Gasteiger partial charge in [0.25, 0.3) is 5.91 Å². The third-order valence-electron chi connectivity index (χ3n) is 3.84. The normalized spacial score (nSPS) is 10.3. The van der Waals surface area contributed by atoms with E-state index in [0.29, 0.717) is 34.5 Å². The van der Waals surface area contributed by atoms with Crippen LogP contribution in [0, 0.1) is 0 Å². The number of ether oxygens (including phenoxy) is 3. The number of benzene rings is 2. The van der Waals surface area contributed by atoms with Gasteiger partial charge in [0.2, 0.25) is 11.7 Å². The number of hydrogen-bond acceptors (Lipinski definition) is 7. The smallest absolute Gasteiger partial charge is 0.251 e. The molecule has 140 valence electrons. The van der Waals surface area contributed by atoms with Crippen molar-refractivity contribution in [2.24, 2.45) is 0 Å². The molecule has 0 atom stereocenters. The summed E-state index contributed by atoms with van der Waals surface area (Å²) in [6.07, 6.45) is 0. The molecule has 0 aliphatic rings. The van der Waals surface area contributed by atoms with Gasteiger partial charge in [0.05, 0.1) is 27.9 Å². The molecule has 27 heavy (non-hydrogen) atoms. The molecular weight excluding hydrogens is 350 g/mol. The molecule has 3 aromatic rings. The van der Waals surface area contributed by atoms with Crippen LogP contribution in [0.25, 0.3) is 11.4 Å². The van der Waals surface area contributed by atoms with Crippen LogP contribution in [-0.4, -0.2) is 37.4 Å². The van der Waals surface area contributed by atoms with Crippen molar-refractivity contribution in [3.05, 3.63) is 53.9 Å². The Morgan fingerprint density at radius 2 is 1.85 bits per heavy atom. The molecule has 0 fully saturated rings. The molecule has 0 aliphatic heterocycles. The van der Waals surface area contributed by atoms with Crippen LogP contribution in [0.15, 0.2) is 47.0 Å². The Hall–Kier alpha value is -3.55. The summed E-state index contributed by atoms with van der Waals surface area (Å²) in [5.74, 6) is 2.14. The molecule has 0 unspecified atom stereocenters. The summed E-state index contributed by atoms with van der Waals surface area (Å²) in [5.41, 5.74) is 1.19. The standard InChI is InChI=1S/C19H19N3O5/c1-24-14-6-4-5-12(9-14)18-21-17(27-22-18)11-20-19(23)13-7-8-15(25-2)16(10-13)26-3/h4-10H,11H2,1-3H3,(H,20,23). The summed E-state index contributed by atoms with van der Waals surface area (Å²) in [7, 11) is 4.63. The molecule has 2 aromatic carbocycles. The first-order chi connectivity index (χ1) is 13.1. The Morgan fingerprint density at radius 1 is 1.04 bits per heavy atom. The van der Waals surface area contributed by atoms with Crippen LogP contribution in [0.3, 0.4) is 0 Å². The van der Waals surface area contributed by atoms with Crippen molar-refractivity contribution in [1.82, 2.24) is 15.5 Å². The number of methoxy groups -OCH3 is 3. The van der Waals surface area contributed by atoms with E-state index < -0.39 is 0 Å². The number of rotatable bonds is 7. The number of hydrogen-bond donors (Lipinski definition) is 1. The molecule has 0 saturated heterocycles. The Morgan fingerprint density at radius 3 is 2.59 bits per heavy atom. The largest absolute Gasteiger partial charge is 0.497 e. The van der Waals surface area contributed by atoms with Gasteiger partial charge in [0.1, 0.15) is 5.75 Å². The monoisotopic (exact) mass is 369 g/mol. The maximum absolute atomic E-state index is 12.3. The predicted molar refractivity (Wildman–Crippen MR) is 97.0 cm³/mol. The van der Waals surface area contributed by atoms with Gasteiger partial charge in [-0.05, 0) is 30.3 Å². The zero-order chi connectivity index (χ0) is 19.2. The summed E-state index contributed by atoms with van der Waals surface area (Å²) in [6, 6.07) is 12.2. The number of nitrogens with one attached hydrogen (secondary N) is 1. The lowest BCUT2D eigenvalue weighted by Gasteiger charge is -2.09. The third kappa shape index (κ3) is 4.17. The van der Waals surface area contributed by atoms with Gasteiger partial charge in [-0.15, -0.1) is 0 Å². The summed E-state index contributed by atoms with van der Waals surface area (Å²) < 4.78 is 20.8. The van der Waals surface area contributed by atoms with E-state index in [1.807, 2.05) is 18.2 Å². The quantitative estimate of drug-likeness (QED) is 0.684. The van der Waals surface area contributed by atoms with Gasteiger partial charge in [-0.2, -0.15) is 4.98 Å². The van der Waals surface area contributed by atoms with Crippen molar-refractivity contribution in [2.75, 3.05) is 21.3 Å². The Labute approximate surface area is 156 Å². The van der Waals surface area contributed by atoms with Gasteiger partial charge >= 0.3 is 0 Å². The van der Waals surface area contributed by atoms with E-state index in [1.165, 1.54) is 14.2 Å². The lowest BCUT2D eigenvalue weighted by Crippen LogP contribution is -2.23. The minimum absolute atomic E-state index is 0.101. The fourth-order valence-electron chi connectivity index (χ4n) is 2.44. The first-order valence-electron chi connectivity index (χ1n) is 8.12. The number of carbonyl (C=O) groups is 1. The maximum Gasteiger partial charge on any atom is 0.251 e. The van der Waals surface area contributed by atoms with Crippen LogP contribution in [-0.2, 0) is 6.54 Å². The minimum atomic E-state index is -0.294. The predicted octanol–water partition coefficient (Wildman–Crippen LogP) is 2.69. The highest BCUT2D eigenvalue weighted by Gasteiger charge is 2.13. The number of aromatic nitrogens is 2. The molecule has 8 nitrogen and oxygen atoms in total. The van der Waals surface area contributed by atoms with Crippen LogP contribution in [0.4, 0.5) is 0 Å². The first kappa shape index (κ1) is 18.2. The Balaban J connectivity index is 1.67. The van der Waals surface area contributed by atoms with E-state index in [2.05, 4.69) is 15.5 Å². The van der Waals surface area contributed by atoms with Crippen LogP contribution in [0.2, 0.25) is 0 Å². The van der Waals surface area contributed by atoms with Gasteiger partial charge in [-0.25, -0.2) is 0 Å². The van der Waals surface area contributed by atoms with E-state index >= 15 is 0 Å². The Bertz CT molecular complexity index is 939. The molecule has 1 heterocycles. The van der Waals surface area contributed by atoms with Crippen molar-refractivity contribution in [1.29, 1.82) is 0 Å². The van der Waals surface area contributed by atoms with E-state index in [9.17, 15) is 4.79 Å². The van der Waals surface area contributed by atoms with E-state index in [4.69, 9.17) is 18.7 Å². The van der Waals surface area contributed by atoms with Crippen molar-refractivity contribution >= 4 is 5.91 Å². The number of amides is 1. The van der Waals surface area contributed by atoms with E-state index in [-0.39, 0.29) is 12.5 Å². The highest BCUT2D eigenvalue weighted by Crippen LogP contribution is 2.27. The molecule has 0 aliphatic carbocycles. The van der Waals surface area contributed by atoms with Crippen molar-refractivity contribution < 1.29 is 23.5 Å². The Kier molecular flexibility index (Phi) is 5.55. The summed E-state index contributed by atoms with van der Waals surface area (Å²) in [5, 5.41) is 6.67. The summed E-state index contributed by atoms with van der Waals surface area (Å²) >= 11 is 0. The van der Waals surface area contributed by atoms with Gasteiger partial charge < -0.3 is 24.1 Å². The van der Waals surface area contributed by atoms with Crippen LogP contribution in [0.5, 0.6) is 17.2 Å². The average Bonchev–Trinajstić information content (AvgIpc) is 3.20. The second-order valence-corrected chi connectivity index (χ2v) is 5.50. The van der Waals surface area contributed by atoms with Crippen molar-refractivity contribution in [3.63, 3.8) is 0 Å². The van der Waals surface area contributed by atoms with E-state index in [1.54, 1.807) is 31.4 Å². The molecule has 1 aromatic heterocycles. The molecule has 0 spiro atoms. The number of nitrogens with zero attached hydrogens (tertiary/aromatic N) is 2. The molecular formula is C19H19N3O5. The molecule has 0 radical (unpaired) electrons. The minimum Gasteiger partial charge on any atom is -0.497 e. The average molecular weight is 369 g/mol. The molecule has 1 N–H and O–H groups in total. The second-order valence-electron chi connectivity index (χ2n) is 5.50. The first-order valence-corrected chi connectivity index (χ1v) is 8.12. The zero-order valence-electron chi connectivity index (χ0n) is 15.2. The fraction of sp³-hybridized carbons (Fsp3) is 0.211. The SMILES string of the molecule is COc1cccc(-c2noc(CNC(=O)c3ccc(OC)c(OC)c3)n2)c1. The lowest BCUT2D eigenvalue weighted by molar-refractivity contribution is 0.0946. The second kappa shape index (κ2) is 8.22. The highest BCUT2D eigenvalue weighted by atomic mass is 16.5. The highest BCUT2D eigenvalue weighted by molar-refractivity contribution is 5.94. The maximum atomic E-state index is 12.3. The molecule has 1 amide bonds. The van der Waals surface area contributed by atoms with Crippen molar-refractivity contribution in [3.8, 4) is 28.6 Å². The van der Waals surface area contributed by atoms with Gasteiger partial charge in [-0.1, -0.05) is 17.3 Å². The van der Waals surface area contributed by atoms with Gasteiger partial charge in [-0.3, -0.25) is 4.79 Å². The third-order valence-corrected chi connectivity index (χ3v) is 3.84. The number of carbonyl (C=O) groups excluding carboxylic acids is 1. The summed E-state index contributed by atoms with van der Waals surface area (Å²) in [4.78, 5) is 16.6. The van der Waals surface area contributed by atoms with Crippen LogP contribution in [0.1, 0.15) is 16.2 Å². The molecule has 8 heteroatoms. The zero-order valence-corrected chi connectivity index (χ0v) is 15.2. The van der Waals surface area contributed by atoms with E-state index in [0.717, 1.165) is 5.56 Å². The van der Waals surface area contributed by atoms with Crippen LogP contribution >= 0.6 is 0 Å². The van der Waals surface area contributed by atoms with Gasteiger partial charge in [0, 0.05) is 11.1 Å². The summed E-state index contributed by atoms with van der Waals surface area (Å²) in [6.45, 7) is 0.101. The lowest BCUT2D eigenvalue weighted by atomic mass is 10.2. The molecule has 0 saturated carbocycles. The van der Waals surface area contributed by atoms with Gasteiger partial charge in [0.15, 0.2) is 11.5 Å². The fourth-order valence-corrected chi connectivity index (χ4v) is 2.44. The topological polar surface area (TPSA) is 95.7 Å². The van der Waals surface area contributed by atoms with Crippen molar-refractivity contribution in [2.45, 2.75) is 6.54 Å². The van der Waals surface area contributed by atoms with Crippen LogP contribution < -0.4 is 19.5 Å².